The third-order valence-electron chi connectivity index (χ3n) is 7.53. The molecule has 0 aromatic carbocycles. The molecule has 0 N–H and O–H groups in total. The molecule has 0 aromatic heterocycles. The second-order valence-corrected chi connectivity index (χ2v) is 10.9. The number of nitrogens with zero attached hydrogens (tertiary/aromatic N) is 1. The Hall–Kier alpha value is -0.610. The average Bonchev–Trinajstić information content (AvgIpc) is 3.27. The van der Waals surface area contributed by atoms with Crippen molar-refractivity contribution in [2.24, 2.45) is 11.8 Å². The molecule has 4 heteroatoms. The monoisotopic (exact) mass is 481 g/mol. The van der Waals surface area contributed by atoms with E-state index in [0.29, 0.717) is 0 Å². The van der Waals surface area contributed by atoms with E-state index >= 15 is 0 Å². The predicted molar refractivity (Wildman–Crippen MR) is 145 cm³/mol. The molecule has 1 rings (SSSR count). The molecule has 0 aliphatic carbocycles. The van der Waals surface area contributed by atoms with E-state index in [1.165, 1.54) is 96.3 Å². The van der Waals surface area contributed by atoms with E-state index in [9.17, 15) is 4.79 Å². The molecule has 34 heavy (non-hydrogen) atoms. The summed E-state index contributed by atoms with van der Waals surface area (Å²) in [6, 6.07) is 0. The van der Waals surface area contributed by atoms with Gasteiger partial charge in [-0.3, -0.25) is 4.79 Å². The number of likely N-dealkylation sites (tertiary alicyclic amines) is 1. The van der Waals surface area contributed by atoms with Crippen LogP contribution in [0.2, 0.25) is 0 Å². The summed E-state index contributed by atoms with van der Waals surface area (Å²) in [7, 11) is 2.08. The third-order valence-corrected chi connectivity index (χ3v) is 7.53. The van der Waals surface area contributed by atoms with E-state index < -0.39 is 0 Å². The van der Waals surface area contributed by atoms with Gasteiger partial charge in [-0.25, -0.2) is 0 Å². The maximum absolute atomic E-state index is 12.8. The van der Waals surface area contributed by atoms with Crippen LogP contribution in [0.25, 0.3) is 0 Å². The normalized spacial score (nSPS) is 17.5. The van der Waals surface area contributed by atoms with Gasteiger partial charge in [-0.1, -0.05) is 117 Å². The Bertz CT molecular complexity index is 460. The second kappa shape index (κ2) is 21.7. The highest BCUT2D eigenvalue weighted by Gasteiger charge is 2.29. The van der Waals surface area contributed by atoms with Gasteiger partial charge >= 0.3 is 5.97 Å². The average molecular weight is 482 g/mol. The summed E-state index contributed by atoms with van der Waals surface area (Å²) in [6.45, 7) is 9.36. The molecule has 0 bridgehead atoms. The molecule has 4 nitrogen and oxygen atoms in total. The number of unbranched alkanes of at least 4 members (excludes halogenated alkanes) is 11. The molecule has 1 fully saturated rings. The molecule has 2 atom stereocenters. The van der Waals surface area contributed by atoms with Crippen molar-refractivity contribution >= 4 is 5.97 Å². The van der Waals surface area contributed by atoms with Crippen LogP contribution in [0.5, 0.6) is 0 Å². The summed E-state index contributed by atoms with van der Waals surface area (Å²) in [5.41, 5.74) is 0. The molecule has 2 unspecified atom stereocenters. The summed E-state index contributed by atoms with van der Waals surface area (Å²) in [5.74, 6) is 0.725. The molecule has 0 spiro atoms. The van der Waals surface area contributed by atoms with Crippen LogP contribution in [-0.2, 0) is 14.3 Å². The van der Waals surface area contributed by atoms with Crippen LogP contribution >= 0.6 is 0 Å². The lowest BCUT2D eigenvalue weighted by atomic mass is 9.92. The Morgan fingerprint density at radius 3 is 1.85 bits per heavy atom. The van der Waals surface area contributed by atoms with Crippen molar-refractivity contribution in [2.75, 3.05) is 26.7 Å². The minimum atomic E-state index is -0.356. The van der Waals surface area contributed by atoms with Gasteiger partial charge < -0.3 is 14.4 Å². The first kappa shape index (κ1) is 31.4. The fraction of sp³-hybridized carbons (Fsp3) is 0.967. The van der Waals surface area contributed by atoms with Crippen molar-refractivity contribution in [1.82, 2.24) is 4.90 Å². The molecule has 0 radical (unpaired) electrons. The SMILES string of the molecule is CCCCCCCCCCC(OCCC(CCCCC)CCCCC)OC(=O)C1CCN(C)C1. The number of esters is 1. The van der Waals surface area contributed by atoms with E-state index in [1.807, 2.05) is 0 Å². The lowest BCUT2D eigenvalue weighted by Crippen LogP contribution is -2.28. The van der Waals surface area contributed by atoms with Crippen LogP contribution in [0.15, 0.2) is 0 Å². The molecule has 202 valence electrons. The highest BCUT2D eigenvalue weighted by atomic mass is 16.7. The first-order chi connectivity index (χ1) is 16.6. The molecule has 1 saturated heterocycles. The van der Waals surface area contributed by atoms with Gasteiger partial charge in [0, 0.05) is 13.0 Å². The zero-order chi connectivity index (χ0) is 24.9. The van der Waals surface area contributed by atoms with Crippen LogP contribution in [0.1, 0.15) is 143 Å². The largest absolute Gasteiger partial charge is 0.436 e. The van der Waals surface area contributed by atoms with Crippen molar-refractivity contribution in [3.05, 3.63) is 0 Å². The van der Waals surface area contributed by atoms with Gasteiger partial charge in [0.05, 0.1) is 12.5 Å². The van der Waals surface area contributed by atoms with Crippen LogP contribution in [0.4, 0.5) is 0 Å². The van der Waals surface area contributed by atoms with E-state index in [-0.39, 0.29) is 18.2 Å². The van der Waals surface area contributed by atoms with Crippen LogP contribution in [0, 0.1) is 11.8 Å². The summed E-state index contributed by atoms with van der Waals surface area (Å²) < 4.78 is 12.2. The standard InChI is InChI=1S/C30H59NO3/c1-5-8-11-12-13-14-15-18-21-29(34-30(32)28-22-24-31(4)26-28)33-25-23-27(19-16-9-6-2)20-17-10-7-3/h27-29H,5-26H2,1-4H3. The number of ether oxygens (including phenoxy) is 2. The van der Waals surface area contributed by atoms with Gasteiger partial charge in [0.2, 0.25) is 6.29 Å². The van der Waals surface area contributed by atoms with Gasteiger partial charge in [-0.2, -0.15) is 0 Å². The van der Waals surface area contributed by atoms with Crippen molar-refractivity contribution in [1.29, 1.82) is 0 Å². The van der Waals surface area contributed by atoms with Gasteiger partial charge in [-0.15, -0.1) is 0 Å². The topological polar surface area (TPSA) is 38.8 Å². The Labute approximate surface area is 212 Å². The van der Waals surface area contributed by atoms with Gasteiger partial charge in [0.25, 0.3) is 0 Å². The summed E-state index contributed by atoms with van der Waals surface area (Å²) in [4.78, 5) is 15.0. The van der Waals surface area contributed by atoms with Crippen molar-refractivity contribution in [2.45, 2.75) is 149 Å². The molecule has 1 aliphatic rings. The summed E-state index contributed by atoms with van der Waals surface area (Å²) >= 11 is 0. The minimum Gasteiger partial charge on any atom is -0.436 e. The molecule has 1 aliphatic heterocycles. The summed E-state index contributed by atoms with van der Waals surface area (Å²) in [6.07, 6.45) is 23.4. The van der Waals surface area contributed by atoms with Crippen LogP contribution in [-0.4, -0.2) is 43.9 Å². The van der Waals surface area contributed by atoms with Crippen LogP contribution < -0.4 is 0 Å². The molecule has 0 amide bonds. The van der Waals surface area contributed by atoms with E-state index in [4.69, 9.17) is 9.47 Å². The molecule has 1 heterocycles. The smallest absolute Gasteiger partial charge is 0.312 e. The van der Waals surface area contributed by atoms with Gasteiger partial charge in [0.15, 0.2) is 0 Å². The molecule has 0 aromatic rings. The fourth-order valence-electron chi connectivity index (χ4n) is 5.14. The van der Waals surface area contributed by atoms with Crippen molar-refractivity contribution in [3.8, 4) is 0 Å². The maximum Gasteiger partial charge on any atom is 0.312 e. The number of carbonyl (C=O) groups is 1. The van der Waals surface area contributed by atoms with E-state index in [2.05, 4.69) is 32.7 Å². The van der Waals surface area contributed by atoms with E-state index in [1.54, 1.807) is 0 Å². The summed E-state index contributed by atoms with van der Waals surface area (Å²) in [5, 5.41) is 0. The Kier molecular flexibility index (Phi) is 20.0. The van der Waals surface area contributed by atoms with Gasteiger partial charge in [-0.05, 0) is 38.8 Å². The fourth-order valence-corrected chi connectivity index (χ4v) is 5.14. The minimum absolute atomic E-state index is 0.0190. The maximum atomic E-state index is 12.8. The Morgan fingerprint density at radius 2 is 1.29 bits per heavy atom. The second-order valence-electron chi connectivity index (χ2n) is 10.9. The first-order valence-corrected chi connectivity index (χ1v) is 15.1. The molecule has 0 saturated carbocycles. The Balaban J connectivity index is 2.44. The Morgan fingerprint density at radius 1 is 0.765 bits per heavy atom. The molecular weight excluding hydrogens is 422 g/mol. The predicted octanol–water partition coefficient (Wildman–Crippen LogP) is 8.52. The quantitative estimate of drug-likeness (QED) is 0.0832. The number of hydrogen-bond acceptors (Lipinski definition) is 4. The third kappa shape index (κ3) is 16.1. The van der Waals surface area contributed by atoms with Crippen molar-refractivity contribution in [3.63, 3.8) is 0 Å². The first-order valence-electron chi connectivity index (χ1n) is 15.1. The number of hydrogen-bond donors (Lipinski definition) is 0. The van der Waals surface area contributed by atoms with Crippen LogP contribution in [0.3, 0.4) is 0 Å². The zero-order valence-electron chi connectivity index (χ0n) is 23.5. The number of carbonyl (C=O) groups excluding carboxylic acids is 1. The lowest BCUT2D eigenvalue weighted by molar-refractivity contribution is -0.185. The highest BCUT2D eigenvalue weighted by molar-refractivity contribution is 5.73. The number of rotatable bonds is 23. The molecular formula is C30H59NO3. The van der Waals surface area contributed by atoms with E-state index in [0.717, 1.165) is 51.3 Å². The van der Waals surface area contributed by atoms with Crippen molar-refractivity contribution < 1.29 is 14.3 Å². The lowest BCUT2D eigenvalue weighted by Gasteiger charge is -2.22. The zero-order valence-corrected chi connectivity index (χ0v) is 23.5. The van der Waals surface area contributed by atoms with Gasteiger partial charge in [0.1, 0.15) is 0 Å². The highest BCUT2D eigenvalue weighted by Crippen LogP contribution is 2.23.